The van der Waals surface area contributed by atoms with Crippen molar-refractivity contribution in [2.45, 2.75) is 12.0 Å². The lowest BCUT2D eigenvalue weighted by Crippen LogP contribution is -2.10. The Hall–Kier alpha value is -1.78. The maximum absolute atomic E-state index is 11.2. The van der Waals surface area contributed by atoms with Gasteiger partial charge in [-0.15, -0.1) is 11.8 Å². The molecule has 1 aliphatic heterocycles. The summed E-state index contributed by atoms with van der Waals surface area (Å²) in [4.78, 5) is 5.24. The molecule has 0 saturated carbocycles. The molecule has 2 nitrogen and oxygen atoms in total. The van der Waals surface area contributed by atoms with Crippen LogP contribution in [-0.2, 0) is 0 Å². The van der Waals surface area contributed by atoms with E-state index in [1.807, 2.05) is 54.6 Å². The summed E-state index contributed by atoms with van der Waals surface area (Å²) in [6, 6.07) is 19.4. The number of nitrogens with zero attached hydrogens (tertiary/aromatic N) is 1. The minimum Gasteiger partial charge on any atom is -0.384 e. The summed E-state index contributed by atoms with van der Waals surface area (Å²) in [6.45, 7) is 0. The lowest BCUT2D eigenvalue weighted by molar-refractivity contribution is 0.210. The second-order valence-corrected chi connectivity index (χ2v) is 8.31. The van der Waals surface area contributed by atoms with Crippen LogP contribution < -0.4 is 0 Å². The van der Waals surface area contributed by atoms with Crippen molar-refractivity contribution in [1.82, 2.24) is 4.98 Å². The monoisotopic (exact) mass is 413 g/mol. The average molecular weight is 414 g/mol. The second-order valence-electron chi connectivity index (χ2n) is 6.40. The van der Waals surface area contributed by atoms with Gasteiger partial charge in [-0.3, -0.25) is 4.98 Å². The van der Waals surface area contributed by atoms with Crippen LogP contribution >= 0.6 is 35.0 Å². The Morgan fingerprint density at radius 2 is 1.78 bits per heavy atom. The first-order chi connectivity index (χ1) is 13.1. The molecule has 1 aliphatic rings. The number of aliphatic hydroxyl groups is 1. The number of aliphatic hydroxyl groups excluding tert-OH is 1. The van der Waals surface area contributed by atoms with Crippen LogP contribution in [0.15, 0.2) is 78.6 Å². The molecule has 4 rings (SSSR count). The number of hydrogen-bond acceptors (Lipinski definition) is 3. The molecule has 3 aromatic rings. The van der Waals surface area contributed by atoms with E-state index in [1.54, 1.807) is 24.2 Å². The number of pyridine rings is 1. The molecule has 2 aromatic carbocycles. The van der Waals surface area contributed by atoms with Gasteiger partial charge in [-0.05, 0) is 47.0 Å². The van der Waals surface area contributed by atoms with Gasteiger partial charge in [0.05, 0.1) is 0 Å². The van der Waals surface area contributed by atoms with Crippen molar-refractivity contribution in [3.05, 3.63) is 105 Å². The molecule has 1 aromatic heterocycles. The minimum absolute atomic E-state index is 0.0675. The highest BCUT2D eigenvalue weighted by molar-refractivity contribution is 8.08. The van der Waals surface area contributed by atoms with Gasteiger partial charge in [0.1, 0.15) is 6.10 Å². The fraction of sp³-hybridized carbons (Fsp3) is 0.136. The van der Waals surface area contributed by atoms with Crippen molar-refractivity contribution in [3.63, 3.8) is 0 Å². The van der Waals surface area contributed by atoms with Gasteiger partial charge >= 0.3 is 0 Å². The van der Waals surface area contributed by atoms with Crippen LogP contribution in [0.25, 0.3) is 4.91 Å². The first-order valence-corrected chi connectivity index (χ1v) is 10.3. The fourth-order valence-electron chi connectivity index (χ4n) is 3.41. The normalized spacial score (nSPS) is 18.0. The smallest absolute Gasteiger partial charge is 0.104 e. The summed E-state index contributed by atoms with van der Waals surface area (Å²) in [5.74, 6) is 0.910. The zero-order valence-corrected chi connectivity index (χ0v) is 16.7. The number of benzene rings is 2. The quantitative estimate of drug-likeness (QED) is 0.539. The highest BCUT2D eigenvalue weighted by Gasteiger charge is 2.33. The predicted molar refractivity (Wildman–Crippen MR) is 114 cm³/mol. The highest BCUT2D eigenvalue weighted by atomic mass is 35.5. The maximum Gasteiger partial charge on any atom is 0.104 e. The van der Waals surface area contributed by atoms with E-state index in [0.29, 0.717) is 10.0 Å². The Bertz CT molecular complexity index is 990. The zero-order valence-electron chi connectivity index (χ0n) is 14.3. The molecular weight excluding hydrogens is 397 g/mol. The Balaban J connectivity index is 1.86. The van der Waals surface area contributed by atoms with Crippen LogP contribution in [0, 0.1) is 0 Å². The van der Waals surface area contributed by atoms with Crippen molar-refractivity contribution >= 4 is 39.9 Å². The summed E-state index contributed by atoms with van der Waals surface area (Å²) in [7, 11) is 0. The lowest BCUT2D eigenvalue weighted by Gasteiger charge is -2.21. The third kappa shape index (κ3) is 3.92. The van der Waals surface area contributed by atoms with Crippen molar-refractivity contribution in [2.75, 3.05) is 5.75 Å². The number of hydrogen-bond donors (Lipinski definition) is 1. The Labute approximate surface area is 172 Å². The molecule has 2 unspecified atom stereocenters. The number of halogens is 2. The molecule has 0 saturated heterocycles. The van der Waals surface area contributed by atoms with Crippen LogP contribution in [-0.4, -0.2) is 15.8 Å². The molecule has 0 spiro atoms. The molecular formula is C22H17Cl2NOS. The number of aromatic nitrogens is 1. The molecule has 2 atom stereocenters. The van der Waals surface area contributed by atoms with Gasteiger partial charge in [0.15, 0.2) is 0 Å². The van der Waals surface area contributed by atoms with Crippen LogP contribution in [0.3, 0.4) is 0 Å². The molecule has 0 radical (unpaired) electrons. The van der Waals surface area contributed by atoms with E-state index in [9.17, 15) is 5.11 Å². The number of thioether (sulfide) groups is 1. The Morgan fingerprint density at radius 3 is 2.48 bits per heavy atom. The zero-order chi connectivity index (χ0) is 18.8. The van der Waals surface area contributed by atoms with Gasteiger partial charge in [0, 0.05) is 44.6 Å². The fourth-order valence-corrected chi connectivity index (χ4v) is 5.22. The van der Waals surface area contributed by atoms with Crippen molar-refractivity contribution < 1.29 is 5.11 Å². The van der Waals surface area contributed by atoms with E-state index < -0.39 is 6.10 Å². The van der Waals surface area contributed by atoms with E-state index in [2.05, 4.69) is 11.1 Å². The van der Waals surface area contributed by atoms with Crippen LogP contribution in [0.1, 0.15) is 28.7 Å². The molecule has 0 amide bonds. The first-order valence-electron chi connectivity index (χ1n) is 8.60. The molecule has 2 heterocycles. The number of rotatable bonds is 4. The summed E-state index contributed by atoms with van der Waals surface area (Å²) in [6.07, 6.45) is 2.68. The molecule has 136 valence electrons. The largest absolute Gasteiger partial charge is 0.384 e. The maximum atomic E-state index is 11.2. The standard InChI is InChI=1S/C22H17Cl2NOS/c23-17-7-1-4-14(10-17)19-13-27-22(15-5-2-8-18(24)11-15)20(19)21(26)16-6-3-9-25-12-16/h1-12,19,21,26H,13H2. The Kier molecular flexibility index (Phi) is 5.55. The van der Waals surface area contributed by atoms with Gasteiger partial charge < -0.3 is 5.11 Å². The van der Waals surface area contributed by atoms with Crippen molar-refractivity contribution in [2.24, 2.45) is 0 Å². The SMILES string of the molecule is OC(C1=C(c2cccc(Cl)c2)SCC1c1cccc(Cl)c1)c1cccnc1. The van der Waals surface area contributed by atoms with Gasteiger partial charge in [0.2, 0.25) is 0 Å². The van der Waals surface area contributed by atoms with Crippen LogP contribution in [0.5, 0.6) is 0 Å². The lowest BCUT2D eigenvalue weighted by atomic mass is 9.86. The third-order valence-electron chi connectivity index (χ3n) is 4.66. The first kappa shape index (κ1) is 18.6. The minimum atomic E-state index is -0.744. The van der Waals surface area contributed by atoms with Crippen LogP contribution in [0.4, 0.5) is 0 Å². The van der Waals surface area contributed by atoms with E-state index >= 15 is 0 Å². The van der Waals surface area contributed by atoms with Crippen molar-refractivity contribution in [1.29, 1.82) is 0 Å². The van der Waals surface area contributed by atoms with Gasteiger partial charge in [-0.2, -0.15) is 0 Å². The second kappa shape index (κ2) is 8.07. The summed E-state index contributed by atoms with van der Waals surface area (Å²) >= 11 is 14.2. The molecule has 0 bridgehead atoms. The third-order valence-corrected chi connectivity index (χ3v) is 6.39. The molecule has 0 fully saturated rings. The predicted octanol–water partition coefficient (Wildman–Crippen LogP) is 6.36. The molecule has 27 heavy (non-hydrogen) atoms. The highest BCUT2D eigenvalue weighted by Crippen LogP contribution is 2.51. The summed E-state index contributed by atoms with van der Waals surface area (Å²) in [5, 5.41) is 12.6. The molecule has 5 heteroatoms. The van der Waals surface area contributed by atoms with Crippen molar-refractivity contribution in [3.8, 4) is 0 Å². The Morgan fingerprint density at radius 1 is 1.00 bits per heavy atom. The topological polar surface area (TPSA) is 33.1 Å². The van der Waals surface area contributed by atoms with Gasteiger partial charge in [-0.1, -0.05) is 53.5 Å². The molecule has 1 N–H and O–H groups in total. The summed E-state index contributed by atoms with van der Waals surface area (Å²) < 4.78 is 0. The summed E-state index contributed by atoms with van der Waals surface area (Å²) in [5.41, 5.74) is 3.87. The van der Waals surface area contributed by atoms with E-state index in [4.69, 9.17) is 23.2 Å². The van der Waals surface area contributed by atoms with E-state index in [-0.39, 0.29) is 5.92 Å². The van der Waals surface area contributed by atoms with Gasteiger partial charge in [-0.25, -0.2) is 0 Å². The van der Waals surface area contributed by atoms with E-state index in [1.165, 1.54) is 0 Å². The average Bonchev–Trinajstić information content (AvgIpc) is 3.13. The van der Waals surface area contributed by atoms with E-state index in [0.717, 1.165) is 32.9 Å². The van der Waals surface area contributed by atoms with Gasteiger partial charge in [0.25, 0.3) is 0 Å². The molecule has 0 aliphatic carbocycles. The van der Waals surface area contributed by atoms with Crippen LogP contribution in [0.2, 0.25) is 10.0 Å².